The number of likely N-dealkylation sites (tertiary alicyclic amines) is 1. The maximum absolute atomic E-state index is 6.36. The fourth-order valence-electron chi connectivity index (χ4n) is 3.19. The topological polar surface area (TPSA) is 15.3 Å². The smallest absolute Gasteiger partial charge is 0.0640 e. The molecule has 1 aromatic carbocycles. The predicted octanol–water partition coefficient (Wildman–Crippen LogP) is 4.52. The molecule has 116 valence electrons. The Balaban J connectivity index is 1.54. The SMILES string of the molecule is CC(c1cccc(Cl)c1Cl)N1CCC(NCC2CC2)CC1. The first-order valence-electron chi connectivity index (χ1n) is 8.06. The second-order valence-corrected chi connectivity index (χ2v) is 7.27. The maximum Gasteiger partial charge on any atom is 0.0640 e. The molecule has 1 heterocycles. The average molecular weight is 327 g/mol. The van der Waals surface area contributed by atoms with Crippen LogP contribution in [0.2, 0.25) is 10.0 Å². The van der Waals surface area contributed by atoms with Crippen molar-refractivity contribution in [2.75, 3.05) is 19.6 Å². The third kappa shape index (κ3) is 3.92. The molecule has 1 aliphatic heterocycles. The molecule has 1 atom stereocenters. The van der Waals surface area contributed by atoms with Gasteiger partial charge in [0.25, 0.3) is 0 Å². The van der Waals surface area contributed by atoms with E-state index in [0.29, 0.717) is 22.1 Å². The molecular weight excluding hydrogens is 303 g/mol. The van der Waals surface area contributed by atoms with Crippen LogP contribution in [-0.2, 0) is 0 Å². The van der Waals surface area contributed by atoms with Crippen LogP contribution in [0.3, 0.4) is 0 Å². The number of nitrogens with one attached hydrogen (secondary N) is 1. The van der Waals surface area contributed by atoms with E-state index in [0.717, 1.165) is 24.6 Å². The van der Waals surface area contributed by atoms with E-state index in [9.17, 15) is 0 Å². The van der Waals surface area contributed by atoms with Crippen LogP contribution in [-0.4, -0.2) is 30.6 Å². The zero-order chi connectivity index (χ0) is 14.8. The standard InChI is InChI=1S/C17H24Cl2N2/c1-12(15-3-2-4-16(18)17(15)19)21-9-7-14(8-10-21)20-11-13-5-6-13/h2-4,12-14,20H,5-11H2,1H3. The fourth-order valence-corrected chi connectivity index (χ4v) is 3.65. The summed E-state index contributed by atoms with van der Waals surface area (Å²) in [5, 5.41) is 5.09. The van der Waals surface area contributed by atoms with Gasteiger partial charge in [-0.1, -0.05) is 35.3 Å². The highest BCUT2D eigenvalue weighted by Crippen LogP contribution is 2.34. The molecule has 21 heavy (non-hydrogen) atoms. The molecule has 1 saturated carbocycles. The number of halogens is 2. The van der Waals surface area contributed by atoms with Crippen molar-refractivity contribution in [3.63, 3.8) is 0 Å². The lowest BCUT2D eigenvalue weighted by atomic mass is 10.00. The summed E-state index contributed by atoms with van der Waals surface area (Å²) in [5.41, 5.74) is 1.15. The van der Waals surface area contributed by atoms with Gasteiger partial charge in [-0.3, -0.25) is 4.90 Å². The third-order valence-corrected chi connectivity index (χ3v) is 5.73. The van der Waals surface area contributed by atoms with E-state index in [2.05, 4.69) is 23.2 Å². The van der Waals surface area contributed by atoms with Crippen molar-refractivity contribution in [2.24, 2.45) is 5.92 Å². The van der Waals surface area contributed by atoms with Gasteiger partial charge in [0.2, 0.25) is 0 Å². The molecule has 1 saturated heterocycles. The fraction of sp³-hybridized carbons (Fsp3) is 0.647. The largest absolute Gasteiger partial charge is 0.314 e. The number of benzene rings is 1. The van der Waals surface area contributed by atoms with Crippen LogP contribution in [0.25, 0.3) is 0 Å². The van der Waals surface area contributed by atoms with Gasteiger partial charge in [-0.15, -0.1) is 0 Å². The molecule has 2 aliphatic rings. The van der Waals surface area contributed by atoms with E-state index in [1.807, 2.05) is 12.1 Å². The van der Waals surface area contributed by atoms with Crippen molar-refractivity contribution in [1.29, 1.82) is 0 Å². The monoisotopic (exact) mass is 326 g/mol. The quantitative estimate of drug-likeness (QED) is 0.855. The number of hydrogen-bond donors (Lipinski definition) is 1. The Morgan fingerprint density at radius 1 is 1.19 bits per heavy atom. The van der Waals surface area contributed by atoms with E-state index in [4.69, 9.17) is 23.2 Å². The van der Waals surface area contributed by atoms with Gasteiger partial charge >= 0.3 is 0 Å². The summed E-state index contributed by atoms with van der Waals surface area (Å²) in [6.07, 6.45) is 5.32. The molecule has 0 amide bonds. The molecule has 0 aromatic heterocycles. The first-order valence-corrected chi connectivity index (χ1v) is 8.82. The van der Waals surface area contributed by atoms with Gasteiger partial charge in [0, 0.05) is 25.2 Å². The van der Waals surface area contributed by atoms with Gasteiger partial charge in [-0.25, -0.2) is 0 Å². The minimum Gasteiger partial charge on any atom is -0.314 e. The summed E-state index contributed by atoms with van der Waals surface area (Å²) < 4.78 is 0. The van der Waals surface area contributed by atoms with E-state index >= 15 is 0 Å². The normalized spacial score (nSPS) is 22.4. The molecule has 0 spiro atoms. The summed E-state index contributed by atoms with van der Waals surface area (Å²) in [4.78, 5) is 2.52. The van der Waals surface area contributed by atoms with Crippen molar-refractivity contribution < 1.29 is 0 Å². The Morgan fingerprint density at radius 2 is 1.90 bits per heavy atom. The number of piperidine rings is 1. The van der Waals surface area contributed by atoms with Crippen LogP contribution in [0, 0.1) is 5.92 Å². The molecule has 1 N–H and O–H groups in total. The number of hydrogen-bond acceptors (Lipinski definition) is 2. The Bertz CT molecular complexity index is 480. The lowest BCUT2D eigenvalue weighted by molar-refractivity contribution is 0.152. The summed E-state index contributed by atoms with van der Waals surface area (Å²) in [6.45, 7) is 5.72. The molecule has 1 aliphatic carbocycles. The van der Waals surface area contributed by atoms with Crippen molar-refractivity contribution in [2.45, 2.75) is 44.7 Å². The zero-order valence-electron chi connectivity index (χ0n) is 12.6. The second kappa shape index (κ2) is 6.87. The van der Waals surface area contributed by atoms with Crippen LogP contribution in [0.4, 0.5) is 0 Å². The first-order chi connectivity index (χ1) is 10.1. The Kier molecular flexibility index (Phi) is 5.11. The minimum absolute atomic E-state index is 0.334. The molecule has 2 fully saturated rings. The molecule has 2 nitrogen and oxygen atoms in total. The van der Waals surface area contributed by atoms with Gasteiger partial charge in [-0.05, 0) is 56.7 Å². The zero-order valence-corrected chi connectivity index (χ0v) is 14.1. The van der Waals surface area contributed by atoms with Crippen LogP contribution in [0.5, 0.6) is 0 Å². The Hall–Kier alpha value is -0.280. The lowest BCUT2D eigenvalue weighted by Gasteiger charge is -2.37. The average Bonchev–Trinajstić information content (AvgIpc) is 3.32. The van der Waals surface area contributed by atoms with Crippen molar-refractivity contribution >= 4 is 23.2 Å². The molecule has 4 heteroatoms. The number of nitrogens with zero attached hydrogens (tertiary/aromatic N) is 1. The highest BCUT2D eigenvalue weighted by Gasteiger charge is 2.27. The second-order valence-electron chi connectivity index (χ2n) is 6.48. The van der Waals surface area contributed by atoms with Gasteiger partial charge in [-0.2, -0.15) is 0 Å². The molecular formula is C17H24Cl2N2. The molecule has 1 aromatic rings. The summed E-state index contributed by atoms with van der Waals surface area (Å²) in [5.74, 6) is 0.965. The van der Waals surface area contributed by atoms with Crippen molar-refractivity contribution in [3.05, 3.63) is 33.8 Å². The van der Waals surface area contributed by atoms with Crippen LogP contribution >= 0.6 is 23.2 Å². The van der Waals surface area contributed by atoms with Crippen LogP contribution in [0.15, 0.2) is 18.2 Å². The Labute approximate surface area is 137 Å². The third-order valence-electron chi connectivity index (χ3n) is 4.90. The summed E-state index contributed by atoms with van der Waals surface area (Å²) in [7, 11) is 0. The molecule has 0 radical (unpaired) electrons. The minimum atomic E-state index is 0.334. The lowest BCUT2D eigenvalue weighted by Crippen LogP contribution is -2.43. The summed E-state index contributed by atoms with van der Waals surface area (Å²) >= 11 is 12.5. The van der Waals surface area contributed by atoms with E-state index in [-0.39, 0.29) is 0 Å². The molecule has 1 unspecified atom stereocenters. The molecule has 3 rings (SSSR count). The number of rotatable bonds is 5. The van der Waals surface area contributed by atoms with Gasteiger partial charge < -0.3 is 5.32 Å². The van der Waals surface area contributed by atoms with E-state index < -0.39 is 0 Å². The van der Waals surface area contributed by atoms with Crippen molar-refractivity contribution in [1.82, 2.24) is 10.2 Å². The van der Waals surface area contributed by atoms with E-state index in [1.165, 1.54) is 32.2 Å². The van der Waals surface area contributed by atoms with E-state index in [1.54, 1.807) is 0 Å². The van der Waals surface area contributed by atoms with Crippen LogP contribution < -0.4 is 5.32 Å². The molecule has 0 bridgehead atoms. The maximum atomic E-state index is 6.36. The van der Waals surface area contributed by atoms with Gasteiger partial charge in [0.1, 0.15) is 0 Å². The predicted molar refractivity (Wildman–Crippen MR) is 90.2 cm³/mol. The highest BCUT2D eigenvalue weighted by molar-refractivity contribution is 6.42. The van der Waals surface area contributed by atoms with Gasteiger partial charge in [0.15, 0.2) is 0 Å². The first kappa shape index (κ1) is 15.6. The summed E-state index contributed by atoms with van der Waals surface area (Å²) in [6, 6.07) is 6.97. The van der Waals surface area contributed by atoms with Crippen LogP contribution in [0.1, 0.15) is 44.2 Å². The van der Waals surface area contributed by atoms with Crippen molar-refractivity contribution in [3.8, 4) is 0 Å². The Morgan fingerprint density at radius 3 is 2.57 bits per heavy atom. The highest BCUT2D eigenvalue weighted by atomic mass is 35.5. The van der Waals surface area contributed by atoms with Gasteiger partial charge in [0.05, 0.1) is 10.0 Å².